The lowest BCUT2D eigenvalue weighted by atomic mass is 9.93. The average Bonchev–Trinajstić information content (AvgIpc) is 2.26. The number of carbonyl (C=O) groups is 1. The predicted molar refractivity (Wildman–Crippen MR) is 64.2 cm³/mol. The lowest BCUT2D eigenvalue weighted by Gasteiger charge is -2.23. The van der Waals surface area contributed by atoms with Gasteiger partial charge in [0, 0.05) is 13.2 Å². The third-order valence-corrected chi connectivity index (χ3v) is 2.85. The molecule has 1 atom stereocenters. The number of rotatable bonds is 8. The van der Waals surface area contributed by atoms with Gasteiger partial charge in [-0.2, -0.15) is 0 Å². The van der Waals surface area contributed by atoms with Gasteiger partial charge in [-0.1, -0.05) is 13.3 Å². The molecule has 0 saturated heterocycles. The van der Waals surface area contributed by atoms with Crippen LogP contribution in [0.5, 0.6) is 0 Å². The number of nitrogens with one attached hydrogen (secondary N) is 1. The second kappa shape index (κ2) is 7.63. The van der Waals surface area contributed by atoms with Crippen LogP contribution in [0.2, 0.25) is 0 Å². The standard InChI is InChI=1S/C12H25NO3/c1-5-10(6-7-14)8-13-9-12(2,3)11(15)16-4/h10,13-14H,5-9H2,1-4H3. The third-order valence-electron chi connectivity index (χ3n) is 2.85. The van der Waals surface area contributed by atoms with Crippen LogP contribution >= 0.6 is 0 Å². The van der Waals surface area contributed by atoms with Gasteiger partial charge in [-0.25, -0.2) is 0 Å². The molecule has 0 bridgehead atoms. The van der Waals surface area contributed by atoms with Crippen molar-refractivity contribution < 1.29 is 14.6 Å². The zero-order valence-electron chi connectivity index (χ0n) is 10.9. The molecule has 0 spiro atoms. The van der Waals surface area contributed by atoms with E-state index in [-0.39, 0.29) is 12.6 Å². The van der Waals surface area contributed by atoms with Crippen LogP contribution in [0.3, 0.4) is 0 Å². The first-order chi connectivity index (χ1) is 7.47. The normalized spacial score (nSPS) is 13.6. The lowest BCUT2D eigenvalue weighted by Crippen LogP contribution is -2.38. The molecule has 1 unspecified atom stereocenters. The molecule has 0 aromatic rings. The monoisotopic (exact) mass is 231 g/mol. The Kier molecular flexibility index (Phi) is 7.34. The molecule has 0 radical (unpaired) electrons. The Balaban J connectivity index is 3.91. The van der Waals surface area contributed by atoms with E-state index >= 15 is 0 Å². The number of ether oxygens (including phenoxy) is 1. The summed E-state index contributed by atoms with van der Waals surface area (Å²) >= 11 is 0. The van der Waals surface area contributed by atoms with E-state index in [0.29, 0.717) is 12.5 Å². The van der Waals surface area contributed by atoms with E-state index in [2.05, 4.69) is 12.2 Å². The number of methoxy groups -OCH3 is 1. The van der Waals surface area contributed by atoms with Crippen molar-refractivity contribution in [2.75, 3.05) is 26.8 Å². The number of esters is 1. The lowest BCUT2D eigenvalue weighted by molar-refractivity contribution is -0.150. The summed E-state index contributed by atoms with van der Waals surface area (Å²) in [5.74, 6) is 0.272. The summed E-state index contributed by atoms with van der Waals surface area (Å²) in [7, 11) is 1.41. The third kappa shape index (κ3) is 5.47. The molecule has 4 heteroatoms. The molecule has 0 amide bonds. The molecule has 0 saturated carbocycles. The smallest absolute Gasteiger partial charge is 0.312 e. The Bertz CT molecular complexity index is 204. The molecule has 2 N–H and O–H groups in total. The van der Waals surface area contributed by atoms with Crippen molar-refractivity contribution in [1.82, 2.24) is 5.32 Å². The van der Waals surface area contributed by atoms with Gasteiger partial charge >= 0.3 is 5.97 Å². The van der Waals surface area contributed by atoms with E-state index < -0.39 is 5.41 Å². The Morgan fingerprint density at radius 2 is 2.12 bits per heavy atom. The van der Waals surface area contributed by atoms with Crippen molar-refractivity contribution in [2.24, 2.45) is 11.3 Å². The summed E-state index contributed by atoms with van der Waals surface area (Å²) in [5, 5.41) is 12.1. The van der Waals surface area contributed by atoms with Crippen molar-refractivity contribution in [1.29, 1.82) is 0 Å². The SMILES string of the molecule is CCC(CCO)CNCC(C)(C)C(=O)OC. The maximum absolute atomic E-state index is 11.4. The summed E-state index contributed by atoms with van der Waals surface area (Å²) in [6, 6.07) is 0. The highest BCUT2D eigenvalue weighted by Crippen LogP contribution is 2.16. The zero-order chi connectivity index (χ0) is 12.6. The zero-order valence-corrected chi connectivity index (χ0v) is 10.9. The van der Waals surface area contributed by atoms with Gasteiger partial charge in [-0.15, -0.1) is 0 Å². The highest BCUT2D eigenvalue weighted by Gasteiger charge is 2.28. The molecule has 0 rings (SSSR count). The summed E-state index contributed by atoms with van der Waals surface area (Å²) in [6.45, 7) is 7.48. The van der Waals surface area contributed by atoms with Crippen molar-refractivity contribution in [2.45, 2.75) is 33.6 Å². The predicted octanol–water partition coefficient (Wildman–Crippen LogP) is 1.18. The maximum Gasteiger partial charge on any atom is 0.312 e. The van der Waals surface area contributed by atoms with Gasteiger partial charge in [-0.3, -0.25) is 4.79 Å². The quantitative estimate of drug-likeness (QED) is 0.616. The summed E-state index contributed by atoms with van der Waals surface area (Å²) in [5.41, 5.74) is -0.494. The largest absolute Gasteiger partial charge is 0.469 e. The minimum Gasteiger partial charge on any atom is -0.469 e. The average molecular weight is 231 g/mol. The molecule has 0 aliphatic heterocycles. The van der Waals surface area contributed by atoms with Gasteiger partial charge in [0.05, 0.1) is 12.5 Å². The van der Waals surface area contributed by atoms with Gasteiger partial charge < -0.3 is 15.2 Å². The van der Waals surface area contributed by atoms with Crippen LogP contribution < -0.4 is 5.32 Å². The number of carbonyl (C=O) groups excluding carboxylic acids is 1. The Hall–Kier alpha value is -0.610. The molecule has 0 aliphatic rings. The van der Waals surface area contributed by atoms with E-state index in [1.54, 1.807) is 0 Å². The van der Waals surface area contributed by atoms with Crippen molar-refractivity contribution in [3.05, 3.63) is 0 Å². The highest BCUT2D eigenvalue weighted by molar-refractivity contribution is 5.76. The first-order valence-electron chi connectivity index (χ1n) is 5.88. The van der Waals surface area contributed by atoms with Crippen LogP contribution in [0.15, 0.2) is 0 Å². The fourth-order valence-electron chi connectivity index (χ4n) is 1.57. The summed E-state index contributed by atoms with van der Waals surface area (Å²) < 4.78 is 4.73. The van der Waals surface area contributed by atoms with E-state index in [9.17, 15) is 4.79 Å². The fourth-order valence-corrected chi connectivity index (χ4v) is 1.57. The molecule has 0 fully saturated rings. The van der Waals surface area contributed by atoms with E-state index in [1.165, 1.54) is 7.11 Å². The molecule has 0 aromatic carbocycles. The van der Waals surface area contributed by atoms with Crippen LogP contribution in [-0.4, -0.2) is 37.9 Å². The fraction of sp³-hybridized carbons (Fsp3) is 0.917. The molecule has 4 nitrogen and oxygen atoms in total. The van der Waals surface area contributed by atoms with Gasteiger partial charge in [0.15, 0.2) is 0 Å². The highest BCUT2D eigenvalue weighted by atomic mass is 16.5. The van der Waals surface area contributed by atoms with Gasteiger partial charge in [0.2, 0.25) is 0 Å². The molecule has 16 heavy (non-hydrogen) atoms. The molecule has 0 aromatic heterocycles. The topological polar surface area (TPSA) is 58.6 Å². The van der Waals surface area contributed by atoms with Crippen LogP contribution in [0.25, 0.3) is 0 Å². The van der Waals surface area contributed by atoms with Crippen molar-refractivity contribution in [3.63, 3.8) is 0 Å². The van der Waals surface area contributed by atoms with Crippen LogP contribution in [0.4, 0.5) is 0 Å². The minimum atomic E-state index is -0.494. The molecule has 0 heterocycles. The maximum atomic E-state index is 11.4. The van der Waals surface area contributed by atoms with E-state index in [1.807, 2.05) is 13.8 Å². The van der Waals surface area contributed by atoms with Crippen LogP contribution in [0, 0.1) is 11.3 Å². The Morgan fingerprint density at radius 3 is 2.56 bits per heavy atom. The second-order valence-electron chi connectivity index (χ2n) is 4.79. The summed E-state index contributed by atoms with van der Waals surface area (Å²) in [4.78, 5) is 11.4. The minimum absolute atomic E-state index is 0.199. The second-order valence-corrected chi connectivity index (χ2v) is 4.79. The summed E-state index contributed by atoms with van der Waals surface area (Å²) in [6.07, 6.45) is 1.84. The molecular weight excluding hydrogens is 206 g/mol. The van der Waals surface area contributed by atoms with Gasteiger partial charge in [0.25, 0.3) is 0 Å². The van der Waals surface area contributed by atoms with Gasteiger partial charge in [0.1, 0.15) is 0 Å². The number of aliphatic hydroxyl groups excluding tert-OH is 1. The van der Waals surface area contributed by atoms with Gasteiger partial charge in [-0.05, 0) is 32.7 Å². The molecular formula is C12H25NO3. The molecule has 96 valence electrons. The van der Waals surface area contributed by atoms with E-state index in [0.717, 1.165) is 19.4 Å². The number of hydrogen-bond acceptors (Lipinski definition) is 4. The number of aliphatic hydroxyl groups is 1. The van der Waals surface area contributed by atoms with Crippen LogP contribution in [0.1, 0.15) is 33.6 Å². The Labute approximate surface area is 98.4 Å². The van der Waals surface area contributed by atoms with Crippen molar-refractivity contribution in [3.8, 4) is 0 Å². The molecule has 0 aliphatic carbocycles. The van der Waals surface area contributed by atoms with Crippen molar-refractivity contribution >= 4 is 5.97 Å². The first kappa shape index (κ1) is 15.4. The van der Waals surface area contributed by atoms with Crippen LogP contribution in [-0.2, 0) is 9.53 Å². The van der Waals surface area contributed by atoms with E-state index in [4.69, 9.17) is 9.84 Å². The Morgan fingerprint density at radius 1 is 1.50 bits per heavy atom. The first-order valence-corrected chi connectivity index (χ1v) is 5.88. The number of hydrogen-bond donors (Lipinski definition) is 2.